The smallest absolute Gasteiger partial charge is 0.218 e. The molecule has 30 heavy (non-hydrogen) atoms. The number of aryl methyl sites for hydroxylation is 1. The first-order valence-electron chi connectivity index (χ1n) is 9.64. The molecular weight excluding hydrogens is 424 g/mol. The Kier molecular flexibility index (Phi) is 5.77. The van der Waals surface area contributed by atoms with Crippen molar-refractivity contribution in [3.63, 3.8) is 0 Å². The Balaban J connectivity index is 1.44. The molecule has 8 nitrogen and oxygen atoms in total. The van der Waals surface area contributed by atoms with E-state index in [-0.39, 0.29) is 5.75 Å². The Morgan fingerprint density at radius 1 is 1.00 bits per heavy atom. The molecule has 3 aromatic rings. The average molecular weight is 447 g/mol. The van der Waals surface area contributed by atoms with Gasteiger partial charge in [0, 0.05) is 43.0 Å². The highest BCUT2D eigenvalue weighted by atomic mass is 35.5. The second kappa shape index (κ2) is 8.33. The fourth-order valence-corrected chi connectivity index (χ4v) is 5.21. The topological polar surface area (TPSA) is 84.2 Å². The van der Waals surface area contributed by atoms with Crippen LogP contribution in [0.15, 0.2) is 43.0 Å². The summed E-state index contributed by atoms with van der Waals surface area (Å²) in [4.78, 5) is 15.1. The van der Waals surface area contributed by atoms with Gasteiger partial charge in [0.05, 0.1) is 11.4 Å². The molecule has 0 aliphatic carbocycles. The van der Waals surface area contributed by atoms with Gasteiger partial charge in [-0.3, -0.25) is 4.57 Å². The van der Waals surface area contributed by atoms with Gasteiger partial charge in [-0.05, 0) is 31.5 Å². The summed E-state index contributed by atoms with van der Waals surface area (Å²) in [5.74, 6) is 1.47. The Labute approximate surface area is 181 Å². The van der Waals surface area contributed by atoms with E-state index < -0.39 is 10.0 Å². The summed E-state index contributed by atoms with van der Waals surface area (Å²) >= 11 is 5.98. The molecule has 0 N–H and O–H groups in total. The van der Waals surface area contributed by atoms with E-state index in [9.17, 15) is 8.42 Å². The SMILES string of the molecule is Cc1ncn(-c2cc(N3CCN(S(=O)(=O)Cc4cccc(Cl)c4)CC3)ncn2)c1C. The lowest BCUT2D eigenvalue weighted by Gasteiger charge is -2.34. The van der Waals surface area contributed by atoms with Crippen LogP contribution >= 0.6 is 11.6 Å². The number of aromatic nitrogens is 4. The Morgan fingerprint density at radius 2 is 1.73 bits per heavy atom. The third-order valence-corrected chi connectivity index (χ3v) is 7.42. The van der Waals surface area contributed by atoms with Gasteiger partial charge in [0.1, 0.15) is 24.3 Å². The van der Waals surface area contributed by atoms with Gasteiger partial charge in [0.15, 0.2) is 0 Å². The molecule has 4 rings (SSSR count). The molecule has 1 aliphatic rings. The van der Waals surface area contributed by atoms with E-state index in [4.69, 9.17) is 11.6 Å². The number of sulfonamides is 1. The van der Waals surface area contributed by atoms with Gasteiger partial charge < -0.3 is 4.90 Å². The summed E-state index contributed by atoms with van der Waals surface area (Å²) in [6, 6.07) is 8.88. The predicted molar refractivity (Wildman–Crippen MR) is 116 cm³/mol. The lowest BCUT2D eigenvalue weighted by atomic mass is 10.2. The maximum atomic E-state index is 12.8. The minimum absolute atomic E-state index is 0.0511. The van der Waals surface area contributed by atoms with E-state index in [2.05, 4.69) is 19.9 Å². The van der Waals surface area contributed by atoms with Crippen molar-refractivity contribution in [1.29, 1.82) is 0 Å². The molecule has 0 spiro atoms. The maximum Gasteiger partial charge on any atom is 0.218 e. The van der Waals surface area contributed by atoms with Crippen molar-refractivity contribution in [2.45, 2.75) is 19.6 Å². The van der Waals surface area contributed by atoms with Crippen LogP contribution in [0.4, 0.5) is 5.82 Å². The quantitative estimate of drug-likeness (QED) is 0.599. The zero-order chi connectivity index (χ0) is 21.3. The Morgan fingerprint density at radius 3 is 2.40 bits per heavy atom. The molecule has 0 amide bonds. The number of rotatable bonds is 5. The number of hydrogen-bond donors (Lipinski definition) is 0. The number of hydrogen-bond acceptors (Lipinski definition) is 6. The first kappa shape index (κ1) is 20.8. The lowest BCUT2D eigenvalue weighted by Crippen LogP contribution is -2.49. The highest BCUT2D eigenvalue weighted by Gasteiger charge is 2.28. The van der Waals surface area contributed by atoms with Crippen molar-refractivity contribution >= 4 is 27.4 Å². The molecule has 10 heteroatoms. The highest BCUT2D eigenvalue weighted by molar-refractivity contribution is 7.88. The second-order valence-electron chi connectivity index (χ2n) is 7.29. The van der Waals surface area contributed by atoms with E-state index >= 15 is 0 Å². The largest absolute Gasteiger partial charge is 0.354 e. The van der Waals surface area contributed by atoms with Crippen molar-refractivity contribution < 1.29 is 8.42 Å². The van der Waals surface area contributed by atoms with Crippen LogP contribution in [0.1, 0.15) is 17.0 Å². The van der Waals surface area contributed by atoms with Gasteiger partial charge in [0.25, 0.3) is 0 Å². The number of piperazine rings is 1. The fraction of sp³-hybridized carbons (Fsp3) is 0.350. The average Bonchev–Trinajstić information content (AvgIpc) is 3.06. The molecule has 158 valence electrons. The van der Waals surface area contributed by atoms with E-state index in [0.29, 0.717) is 36.8 Å². The van der Waals surface area contributed by atoms with Crippen molar-refractivity contribution in [3.05, 3.63) is 65.0 Å². The highest BCUT2D eigenvalue weighted by Crippen LogP contribution is 2.21. The Bertz CT molecular complexity index is 1160. The minimum atomic E-state index is -3.41. The van der Waals surface area contributed by atoms with E-state index in [0.717, 1.165) is 23.0 Å². The van der Waals surface area contributed by atoms with Crippen LogP contribution in [-0.2, 0) is 15.8 Å². The van der Waals surface area contributed by atoms with E-state index in [1.54, 1.807) is 30.6 Å². The van der Waals surface area contributed by atoms with Crippen LogP contribution in [-0.4, -0.2) is 58.4 Å². The molecule has 2 aromatic heterocycles. The molecule has 0 atom stereocenters. The summed E-state index contributed by atoms with van der Waals surface area (Å²) in [6.45, 7) is 5.89. The molecule has 1 fully saturated rings. The van der Waals surface area contributed by atoms with Crippen LogP contribution in [0, 0.1) is 13.8 Å². The van der Waals surface area contributed by atoms with Crippen molar-refractivity contribution in [2.24, 2.45) is 0 Å². The number of halogens is 1. The van der Waals surface area contributed by atoms with E-state index in [1.807, 2.05) is 24.5 Å². The first-order chi connectivity index (χ1) is 14.3. The number of anilines is 1. The second-order valence-corrected chi connectivity index (χ2v) is 9.70. The summed E-state index contributed by atoms with van der Waals surface area (Å²) in [5, 5.41) is 0.537. The summed E-state index contributed by atoms with van der Waals surface area (Å²) < 4.78 is 29.1. The normalized spacial score (nSPS) is 15.5. The molecule has 0 radical (unpaired) electrons. The van der Waals surface area contributed by atoms with Gasteiger partial charge in [-0.15, -0.1) is 0 Å². The predicted octanol–water partition coefficient (Wildman–Crippen LogP) is 2.58. The third-order valence-electron chi connectivity index (χ3n) is 5.33. The fourth-order valence-electron chi connectivity index (χ4n) is 3.50. The molecule has 0 unspecified atom stereocenters. The first-order valence-corrected chi connectivity index (χ1v) is 11.6. The maximum absolute atomic E-state index is 12.8. The summed E-state index contributed by atoms with van der Waals surface area (Å²) in [7, 11) is -3.41. The van der Waals surface area contributed by atoms with Gasteiger partial charge in [-0.2, -0.15) is 4.31 Å². The molecular formula is C20H23ClN6O2S. The van der Waals surface area contributed by atoms with Crippen LogP contribution in [0.5, 0.6) is 0 Å². The molecule has 1 aliphatic heterocycles. The summed E-state index contributed by atoms with van der Waals surface area (Å²) in [6.07, 6.45) is 3.28. The lowest BCUT2D eigenvalue weighted by molar-refractivity contribution is 0.383. The van der Waals surface area contributed by atoms with Crippen molar-refractivity contribution in [3.8, 4) is 5.82 Å². The van der Waals surface area contributed by atoms with Crippen LogP contribution in [0.2, 0.25) is 5.02 Å². The Hall–Kier alpha value is -2.49. The third kappa shape index (κ3) is 4.33. The number of benzene rings is 1. The van der Waals surface area contributed by atoms with Crippen LogP contribution in [0.25, 0.3) is 5.82 Å². The van der Waals surface area contributed by atoms with Gasteiger partial charge >= 0.3 is 0 Å². The van der Waals surface area contributed by atoms with Crippen molar-refractivity contribution in [1.82, 2.24) is 23.8 Å². The minimum Gasteiger partial charge on any atom is -0.354 e. The molecule has 3 heterocycles. The van der Waals surface area contributed by atoms with Crippen molar-refractivity contribution in [2.75, 3.05) is 31.1 Å². The zero-order valence-electron chi connectivity index (χ0n) is 16.9. The van der Waals surface area contributed by atoms with Crippen LogP contribution < -0.4 is 4.90 Å². The zero-order valence-corrected chi connectivity index (χ0v) is 18.4. The molecule has 0 saturated carbocycles. The van der Waals surface area contributed by atoms with Crippen LogP contribution in [0.3, 0.4) is 0 Å². The molecule has 0 bridgehead atoms. The number of nitrogens with zero attached hydrogens (tertiary/aromatic N) is 6. The summed E-state index contributed by atoms with van der Waals surface area (Å²) in [5.41, 5.74) is 2.67. The van der Waals surface area contributed by atoms with Gasteiger partial charge in [-0.1, -0.05) is 23.7 Å². The van der Waals surface area contributed by atoms with Gasteiger partial charge in [-0.25, -0.2) is 23.4 Å². The number of imidazole rings is 1. The standard InChI is InChI=1S/C20H23ClN6O2S/c1-15-16(2)27(14-24-15)20-11-19(22-13-23-20)25-6-8-26(9-7-25)30(28,29)12-17-4-3-5-18(21)10-17/h3-5,10-11,13-14H,6-9,12H2,1-2H3. The monoisotopic (exact) mass is 446 g/mol. The van der Waals surface area contributed by atoms with Gasteiger partial charge in [0.2, 0.25) is 10.0 Å². The molecule has 1 aromatic carbocycles. The molecule has 1 saturated heterocycles. The van der Waals surface area contributed by atoms with E-state index in [1.165, 1.54) is 10.6 Å².